The molecule has 0 aliphatic heterocycles. The first-order valence-electron chi connectivity index (χ1n) is 18.6. The number of nitriles is 2. The van der Waals surface area contributed by atoms with E-state index in [0.29, 0.717) is 16.8 Å². The summed E-state index contributed by atoms with van der Waals surface area (Å²) in [4.78, 5) is 0. The van der Waals surface area contributed by atoms with E-state index in [2.05, 4.69) is 164 Å². The number of hydrogen-bond acceptors (Lipinski definition) is 2. The molecule has 7 aromatic carbocycles. The maximum absolute atomic E-state index is 11.3. The fraction of sp³-hybridized carbons (Fsp3) is 0.120. The van der Waals surface area contributed by atoms with Crippen LogP contribution < -0.4 is 0 Å². The number of para-hydroxylation sites is 2. The van der Waals surface area contributed by atoms with Gasteiger partial charge < -0.3 is 9.13 Å². The lowest BCUT2D eigenvalue weighted by Crippen LogP contribution is -2.14. The summed E-state index contributed by atoms with van der Waals surface area (Å²) in [6.07, 6.45) is 0. The lowest BCUT2D eigenvalue weighted by atomic mass is 9.82. The van der Waals surface area contributed by atoms with Gasteiger partial charge in [-0.25, -0.2) is 0 Å². The van der Waals surface area contributed by atoms with Crippen molar-refractivity contribution in [2.24, 2.45) is 0 Å². The van der Waals surface area contributed by atoms with Crippen molar-refractivity contribution in [2.75, 3.05) is 0 Å². The molecule has 54 heavy (non-hydrogen) atoms. The van der Waals surface area contributed by atoms with E-state index in [0.717, 1.165) is 49.3 Å². The second-order valence-corrected chi connectivity index (χ2v) is 16.0. The molecule has 9 aromatic rings. The molecule has 0 amide bonds. The van der Waals surface area contributed by atoms with Gasteiger partial charge in [0, 0.05) is 32.4 Å². The third-order valence-electron chi connectivity index (χ3n) is 12.6. The van der Waals surface area contributed by atoms with Gasteiger partial charge in [0.25, 0.3) is 0 Å². The van der Waals surface area contributed by atoms with E-state index in [1.165, 1.54) is 44.5 Å². The molecular weight excluding hydrogens is 657 g/mol. The Morgan fingerprint density at radius 1 is 0.426 bits per heavy atom. The molecule has 0 spiro atoms. The number of aromatic nitrogens is 2. The predicted molar refractivity (Wildman–Crippen MR) is 220 cm³/mol. The van der Waals surface area contributed by atoms with E-state index in [1.807, 2.05) is 18.2 Å². The Morgan fingerprint density at radius 3 is 1.44 bits per heavy atom. The van der Waals surface area contributed by atoms with Crippen molar-refractivity contribution in [1.82, 2.24) is 9.13 Å². The molecule has 2 aliphatic rings. The van der Waals surface area contributed by atoms with Gasteiger partial charge in [0.2, 0.25) is 0 Å². The maximum atomic E-state index is 11.3. The van der Waals surface area contributed by atoms with Gasteiger partial charge in [0.05, 0.1) is 39.0 Å². The van der Waals surface area contributed by atoms with Crippen LogP contribution in [0.25, 0.3) is 77.2 Å². The number of fused-ring (bicyclic) bond motifs is 12. The van der Waals surface area contributed by atoms with E-state index in [-0.39, 0.29) is 10.8 Å². The molecule has 0 unspecified atom stereocenters. The summed E-state index contributed by atoms with van der Waals surface area (Å²) in [7, 11) is 0. The van der Waals surface area contributed by atoms with Crippen LogP contribution in [-0.4, -0.2) is 9.13 Å². The van der Waals surface area contributed by atoms with E-state index < -0.39 is 0 Å². The lowest BCUT2D eigenvalue weighted by molar-refractivity contribution is 0.661. The summed E-state index contributed by atoms with van der Waals surface area (Å²) < 4.78 is 4.41. The van der Waals surface area contributed by atoms with Gasteiger partial charge in [-0.15, -0.1) is 0 Å². The van der Waals surface area contributed by atoms with Gasteiger partial charge in [-0.05, 0) is 93.0 Å². The first kappa shape index (κ1) is 30.7. The van der Waals surface area contributed by atoms with Crippen LogP contribution in [0.2, 0.25) is 0 Å². The summed E-state index contributed by atoms with van der Waals surface area (Å²) in [6, 6.07) is 52.5. The predicted octanol–water partition coefficient (Wildman–Crippen LogP) is 12.2. The Balaban J connectivity index is 1.26. The largest absolute Gasteiger partial charge is 0.308 e. The van der Waals surface area contributed by atoms with Crippen molar-refractivity contribution in [3.8, 4) is 45.8 Å². The SMILES string of the molecule is CC1(C)c2ccccc2-c2cc3c(cc21)c1ccccc1n3-c1ccc(C#N)c(-n2c3ccccc3c3cc4c(cc32)-c2ccccc2C4(C)C)c1C#N. The Labute approximate surface area is 313 Å². The molecule has 0 bridgehead atoms. The molecular formula is C50H34N4. The van der Waals surface area contributed by atoms with Gasteiger partial charge >= 0.3 is 0 Å². The molecule has 2 aliphatic carbocycles. The summed E-state index contributed by atoms with van der Waals surface area (Å²) in [5.41, 5.74) is 16.1. The molecule has 0 radical (unpaired) electrons. The van der Waals surface area contributed by atoms with Gasteiger partial charge in [-0.1, -0.05) is 113 Å². The second-order valence-electron chi connectivity index (χ2n) is 16.0. The highest BCUT2D eigenvalue weighted by atomic mass is 15.0. The first-order valence-corrected chi connectivity index (χ1v) is 18.6. The average Bonchev–Trinajstić information content (AvgIpc) is 3.84. The van der Waals surface area contributed by atoms with E-state index >= 15 is 0 Å². The summed E-state index contributed by atoms with van der Waals surface area (Å²) >= 11 is 0. The maximum Gasteiger partial charge on any atom is 0.104 e. The van der Waals surface area contributed by atoms with Crippen LogP contribution in [0, 0.1) is 22.7 Å². The smallest absolute Gasteiger partial charge is 0.104 e. The summed E-state index contributed by atoms with van der Waals surface area (Å²) in [5, 5.41) is 26.6. The van der Waals surface area contributed by atoms with Crippen molar-refractivity contribution in [3.63, 3.8) is 0 Å². The standard InChI is InChI=1S/C50H34N4/c1-49(2)39-17-9-5-13-30(39)34-25-46-36(23-41(34)49)32-15-7-11-19-43(32)53(46)45-22-21-29(27-51)48(38(45)28-52)54-44-20-12-8-16-33(44)37-24-42-35(26-47(37)54)31-14-6-10-18-40(31)50(42,3)4/h5-26H,1-4H3. The third-order valence-corrected chi connectivity index (χ3v) is 12.6. The topological polar surface area (TPSA) is 57.4 Å². The second kappa shape index (κ2) is 10.4. The van der Waals surface area contributed by atoms with Crippen molar-refractivity contribution in [1.29, 1.82) is 10.5 Å². The van der Waals surface area contributed by atoms with E-state index in [1.54, 1.807) is 0 Å². The van der Waals surface area contributed by atoms with Crippen molar-refractivity contribution < 1.29 is 0 Å². The molecule has 0 saturated heterocycles. The van der Waals surface area contributed by atoms with Crippen molar-refractivity contribution in [2.45, 2.75) is 38.5 Å². The number of benzene rings is 7. The normalized spacial score (nSPS) is 14.6. The molecule has 254 valence electrons. The van der Waals surface area contributed by atoms with Crippen molar-refractivity contribution >= 4 is 43.6 Å². The number of rotatable bonds is 2. The minimum Gasteiger partial charge on any atom is -0.308 e. The zero-order chi connectivity index (χ0) is 36.7. The zero-order valence-electron chi connectivity index (χ0n) is 30.5. The van der Waals surface area contributed by atoms with Crippen LogP contribution in [0.15, 0.2) is 133 Å². The highest BCUT2D eigenvalue weighted by Crippen LogP contribution is 2.53. The first-order chi connectivity index (χ1) is 26.2. The molecule has 0 atom stereocenters. The third kappa shape index (κ3) is 3.70. The minimum atomic E-state index is -0.161. The average molecular weight is 691 g/mol. The fourth-order valence-electron chi connectivity index (χ4n) is 10.0. The van der Waals surface area contributed by atoms with E-state index in [4.69, 9.17) is 0 Å². The van der Waals surface area contributed by atoms with Crippen LogP contribution in [0.3, 0.4) is 0 Å². The lowest BCUT2D eigenvalue weighted by Gasteiger charge is -2.21. The van der Waals surface area contributed by atoms with Gasteiger partial charge in [0.15, 0.2) is 0 Å². The zero-order valence-corrected chi connectivity index (χ0v) is 30.5. The Bertz CT molecular complexity index is 3240. The van der Waals surface area contributed by atoms with E-state index in [9.17, 15) is 10.5 Å². The summed E-state index contributed by atoms with van der Waals surface area (Å²) in [6.45, 7) is 9.22. The molecule has 11 rings (SSSR count). The summed E-state index contributed by atoms with van der Waals surface area (Å²) in [5.74, 6) is 0. The minimum absolute atomic E-state index is 0.144. The van der Waals surface area contributed by atoms with Crippen LogP contribution in [-0.2, 0) is 10.8 Å². The molecule has 4 nitrogen and oxygen atoms in total. The fourth-order valence-corrected chi connectivity index (χ4v) is 10.0. The monoisotopic (exact) mass is 690 g/mol. The van der Waals surface area contributed by atoms with Crippen molar-refractivity contribution in [3.05, 3.63) is 167 Å². The van der Waals surface area contributed by atoms with Gasteiger partial charge in [-0.3, -0.25) is 0 Å². The highest BCUT2D eigenvalue weighted by molar-refractivity contribution is 6.13. The number of hydrogen-bond donors (Lipinski definition) is 0. The van der Waals surface area contributed by atoms with Crippen LogP contribution in [0.5, 0.6) is 0 Å². The molecule has 0 saturated carbocycles. The van der Waals surface area contributed by atoms with Gasteiger partial charge in [-0.2, -0.15) is 10.5 Å². The molecule has 2 aromatic heterocycles. The molecule has 2 heterocycles. The molecule has 0 N–H and O–H groups in total. The molecule has 4 heteroatoms. The highest BCUT2D eigenvalue weighted by Gasteiger charge is 2.38. The Morgan fingerprint density at radius 2 is 0.907 bits per heavy atom. The quantitative estimate of drug-likeness (QED) is 0.181. The van der Waals surface area contributed by atoms with Crippen LogP contribution in [0.4, 0.5) is 0 Å². The van der Waals surface area contributed by atoms with Gasteiger partial charge in [0.1, 0.15) is 17.7 Å². The molecule has 0 fully saturated rings. The van der Waals surface area contributed by atoms with Crippen LogP contribution in [0.1, 0.15) is 61.1 Å². The Kier molecular flexibility index (Phi) is 5.90. The van der Waals surface area contributed by atoms with Crippen LogP contribution >= 0.6 is 0 Å². The number of nitrogens with zero attached hydrogens (tertiary/aromatic N) is 4. The Hall–Kier alpha value is -6.88.